The van der Waals surface area contributed by atoms with Gasteiger partial charge in [-0.1, -0.05) is 26.2 Å². The van der Waals surface area contributed by atoms with Crippen LogP contribution in [0.4, 0.5) is 5.69 Å². The van der Waals surface area contributed by atoms with Gasteiger partial charge in [0.25, 0.3) is 0 Å². The van der Waals surface area contributed by atoms with E-state index < -0.39 is 0 Å². The molecule has 16 heavy (non-hydrogen) atoms. The Morgan fingerprint density at radius 2 is 2.25 bits per heavy atom. The van der Waals surface area contributed by atoms with Gasteiger partial charge in [0.2, 0.25) is 0 Å². The summed E-state index contributed by atoms with van der Waals surface area (Å²) in [6.07, 6.45) is 6.92. The van der Waals surface area contributed by atoms with E-state index in [1.165, 1.54) is 25.7 Å². The molecule has 0 spiro atoms. The number of hydrogen-bond donors (Lipinski definition) is 0. The lowest BCUT2D eigenvalue weighted by atomic mass is 10.2. The number of rotatable bonds is 7. The summed E-state index contributed by atoms with van der Waals surface area (Å²) in [5, 5.41) is 3.39. The third-order valence-electron chi connectivity index (χ3n) is 2.14. The van der Waals surface area contributed by atoms with Gasteiger partial charge in [-0.25, -0.2) is 4.98 Å². The normalized spacial score (nSPS) is 9.81. The molecule has 1 aromatic heterocycles. The molecule has 0 atom stereocenters. The molecular formula is C12H16N2S2. The zero-order valence-electron chi connectivity index (χ0n) is 9.48. The molecular weight excluding hydrogens is 236 g/mol. The molecule has 4 heteroatoms. The molecule has 0 N–H and O–H groups in total. The highest BCUT2D eigenvalue weighted by atomic mass is 32.2. The number of hydrogen-bond acceptors (Lipinski definition) is 4. The Hall–Kier alpha value is -0.700. The van der Waals surface area contributed by atoms with Crippen molar-refractivity contribution < 1.29 is 0 Å². The van der Waals surface area contributed by atoms with Crippen molar-refractivity contribution in [3.8, 4) is 0 Å². The maximum Gasteiger partial charge on any atom is 0.0961 e. The molecule has 0 bridgehead atoms. The number of nitrogens with zero attached hydrogens (tertiary/aromatic N) is 2. The fraction of sp³-hybridized carbons (Fsp3) is 0.500. The van der Waals surface area contributed by atoms with Crippen LogP contribution in [0.1, 0.15) is 32.6 Å². The smallest absolute Gasteiger partial charge is 0.0961 e. The van der Waals surface area contributed by atoms with E-state index >= 15 is 0 Å². The van der Waals surface area contributed by atoms with Crippen LogP contribution in [0.2, 0.25) is 0 Å². The third kappa shape index (κ3) is 5.40. The summed E-state index contributed by atoms with van der Waals surface area (Å²) >= 11 is 6.33. The molecule has 0 aliphatic heterocycles. The van der Waals surface area contributed by atoms with E-state index in [0.29, 0.717) is 0 Å². The molecule has 0 aliphatic carbocycles. The lowest BCUT2D eigenvalue weighted by molar-refractivity contribution is 0.706. The summed E-state index contributed by atoms with van der Waals surface area (Å²) in [4.78, 5) is 8.16. The number of aromatic nitrogens is 1. The van der Waals surface area contributed by atoms with E-state index in [2.05, 4.69) is 34.3 Å². The van der Waals surface area contributed by atoms with Crippen molar-refractivity contribution in [2.45, 2.75) is 37.6 Å². The van der Waals surface area contributed by atoms with Crippen molar-refractivity contribution in [3.63, 3.8) is 0 Å². The summed E-state index contributed by atoms with van der Waals surface area (Å²) in [6, 6.07) is 3.90. The zero-order valence-corrected chi connectivity index (χ0v) is 11.1. The van der Waals surface area contributed by atoms with Gasteiger partial charge in [-0.05, 0) is 36.5 Å². The number of aliphatic imine (C=N–C) groups is 1. The van der Waals surface area contributed by atoms with E-state index in [-0.39, 0.29) is 0 Å². The number of isothiocyanates is 1. The van der Waals surface area contributed by atoms with Gasteiger partial charge in [-0.15, -0.1) is 11.8 Å². The van der Waals surface area contributed by atoms with Gasteiger partial charge in [-0.2, -0.15) is 4.99 Å². The van der Waals surface area contributed by atoms with E-state index in [9.17, 15) is 0 Å². The Morgan fingerprint density at radius 1 is 1.38 bits per heavy atom. The lowest BCUT2D eigenvalue weighted by Crippen LogP contribution is -1.83. The highest BCUT2D eigenvalue weighted by Crippen LogP contribution is 2.19. The maximum atomic E-state index is 4.53. The summed E-state index contributed by atoms with van der Waals surface area (Å²) in [5.74, 6) is 1.14. The quantitative estimate of drug-likeness (QED) is 0.309. The van der Waals surface area contributed by atoms with Crippen LogP contribution in [-0.2, 0) is 0 Å². The number of thiocarbonyl (C=S) groups is 1. The minimum atomic E-state index is 0.769. The minimum Gasteiger partial charge on any atom is -0.248 e. The van der Waals surface area contributed by atoms with Gasteiger partial charge >= 0.3 is 0 Å². The molecule has 2 nitrogen and oxygen atoms in total. The Kier molecular flexibility index (Phi) is 7.06. The first-order valence-electron chi connectivity index (χ1n) is 5.53. The van der Waals surface area contributed by atoms with E-state index in [1.54, 1.807) is 18.0 Å². The molecule has 0 aromatic carbocycles. The topological polar surface area (TPSA) is 25.2 Å². The number of pyridine rings is 1. The fourth-order valence-corrected chi connectivity index (χ4v) is 2.24. The minimum absolute atomic E-state index is 0.769. The molecule has 1 rings (SSSR count). The van der Waals surface area contributed by atoms with Crippen molar-refractivity contribution >= 4 is 34.8 Å². The molecule has 0 unspecified atom stereocenters. The molecule has 0 aliphatic rings. The summed E-state index contributed by atoms with van der Waals surface area (Å²) < 4.78 is 0. The molecule has 0 saturated heterocycles. The Morgan fingerprint density at radius 3 is 2.88 bits per heavy atom. The summed E-state index contributed by atoms with van der Waals surface area (Å²) in [5.41, 5.74) is 0.769. The maximum absolute atomic E-state index is 4.53. The Labute approximate surface area is 107 Å². The first-order valence-corrected chi connectivity index (χ1v) is 6.93. The van der Waals surface area contributed by atoms with Crippen molar-refractivity contribution in [1.82, 2.24) is 4.98 Å². The molecule has 0 amide bonds. The number of thioether (sulfide) groups is 1. The SMILES string of the molecule is CCCCCCSc1ccc(N=C=S)cn1. The Bertz CT molecular complexity index is 343. The Balaban J connectivity index is 2.29. The highest BCUT2D eigenvalue weighted by molar-refractivity contribution is 7.99. The molecule has 1 aromatic rings. The van der Waals surface area contributed by atoms with Gasteiger partial charge in [0.05, 0.1) is 22.1 Å². The lowest BCUT2D eigenvalue weighted by Gasteiger charge is -2.00. The predicted octanol–water partition coefficient (Wildman–Crippen LogP) is 4.49. The monoisotopic (exact) mass is 252 g/mol. The first-order chi connectivity index (χ1) is 7.86. The number of unbranched alkanes of at least 4 members (excludes halogenated alkanes) is 3. The molecule has 0 fully saturated rings. The third-order valence-corrected chi connectivity index (χ3v) is 3.26. The largest absolute Gasteiger partial charge is 0.248 e. The molecule has 0 radical (unpaired) electrons. The van der Waals surface area contributed by atoms with Crippen molar-refractivity contribution in [1.29, 1.82) is 0 Å². The van der Waals surface area contributed by atoms with Crippen LogP contribution < -0.4 is 0 Å². The molecule has 0 saturated carbocycles. The van der Waals surface area contributed by atoms with Crippen LogP contribution >= 0.6 is 24.0 Å². The van der Waals surface area contributed by atoms with Crippen LogP contribution in [-0.4, -0.2) is 15.9 Å². The van der Waals surface area contributed by atoms with Crippen LogP contribution in [0.5, 0.6) is 0 Å². The van der Waals surface area contributed by atoms with Gasteiger partial charge in [0.1, 0.15) is 0 Å². The second-order valence-electron chi connectivity index (χ2n) is 3.47. The fourth-order valence-electron chi connectivity index (χ4n) is 1.28. The van der Waals surface area contributed by atoms with Crippen LogP contribution in [0, 0.1) is 0 Å². The average Bonchev–Trinajstić information content (AvgIpc) is 2.31. The van der Waals surface area contributed by atoms with Crippen molar-refractivity contribution in [2.75, 3.05) is 5.75 Å². The standard InChI is InChI=1S/C12H16N2S2/c1-2-3-4-5-8-16-12-7-6-11(9-13-12)14-10-15/h6-7,9H,2-5,8H2,1H3. The molecule has 86 valence electrons. The van der Waals surface area contributed by atoms with E-state index in [1.807, 2.05) is 12.1 Å². The summed E-state index contributed by atoms with van der Waals surface area (Å²) in [6.45, 7) is 2.23. The zero-order chi connectivity index (χ0) is 11.6. The van der Waals surface area contributed by atoms with Crippen molar-refractivity contribution in [2.24, 2.45) is 4.99 Å². The van der Waals surface area contributed by atoms with E-state index in [0.717, 1.165) is 16.5 Å². The van der Waals surface area contributed by atoms with Gasteiger partial charge < -0.3 is 0 Å². The van der Waals surface area contributed by atoms with E-state index in [4.69, 9.17) is 0 Å². The first kappa shape index (κ1) is 13.4. The van der Waals surface area contributed by atoms with Gasteiger partial charge in [0.15, 0.2) is 0 Å². The van der Waals surface area contributed by atoms with Gasteiger partial charge in [0, 0.05) is 0 Å². The highest BCUT2D eigenvalue weighted by Gasteiger charge is 1.96. The average molecular weight is 252 g/mol. The van der Waals surface area contributed by atoms with Gasteiger partial charge in [-0.3, -0.25) is 0 Å². The van der Waals surface area contributed by atoms with Crippen LogP contribution in [0.25, 0.3) is 0 Å². The van der Waals surface area contributed by atoms with Crippen LogP contribution in [0.3, 0.4) is 0 Å². The molecule has 1 heterocycles. The second-order valence-corrected chi connectivity index (χ2v) is 4.76. The predicted molar refractivity (Wildman–Crippen MR) is 73.8 cm³/mol. The van der Waals surface area contributed by atoms with Crippen molar-refractivity contribution in [3.05, 3.63) is 18.3 Å². The van der Waals surface area contributed by atoms with Crippen LogP contribution in [0.15, 0.2) is 28.3 Å². The second kappa shape index (κ2) is 8.45. The summed E-state index contributed by atoms with van der Waals surface area (Å²) in [7, 11) is 0.